The van der Waals surface area contributed by atoms with Crippen LogP contribution in [0.25, 0.3) is 37.9 Å². The van der Waals surface area contributed by atoms with Gasteiger partial charge in [-0.05, 0) is 42.3 Å². The van der Waals surface area contributed by atoms with E-state index in [0.717, 1.165) is 31.9 Å². The maximum Gasteiger partial charge on any atom is 0.411 e. The Morgan fingerprint density at radius 2 is 1.98 bits per heavy atom. The van der Waals surface area contributed by atoms with Gasteiger partial charge in [-0.15, -0.1) is 11.3 Å². The molecule has 6 rings (SSSR count). The van der Waals surface area contributed by atoms with Gasteiger partial charge in [0.05, 0.1) is 48.9 Å². The molecule has 0 saturated carbocycles. The molecule has 5 aromatic rings. The van der Waals surface area contributed by atoms with Crippen LogP contribution in [-0.2, 0) is 4.74 Å². The summed E-state index contributed by atoms with van der Waals surface area (Å²) < 4.78 is 28.8. The molecule has 11 nitrogen and oxygen atoms in total. The Morgan fingerprint density at radius 1 is 1.12 bits per heavy atom. The number of pyridine rings is 1. The summed E-state index contributed by atoms with van der Waals surface area (Å²) in [6.45, 7) is 6.09. The summed E-state index contributed by atoms with van der Waals surface area (Å²) in [5.41, 5.74) is 5.34. The quantitative estimate of drug-likeness (QED) is 0.261. The number of thiazole rings is 1. The van der Waals surface area contributed by atoms with E-state index in [0.29, 0.717) is 40.0 Å². The lowest BCUT2D eigenvalue weighted by Gasteiger charge is -2.26. The van der Waals surface area contributed by atoms with Gasteiger partial charge in [0, 0.05) is 11.6 Å². The van der Waals surface area contributed by atoms with Crippen molar-refractivity contribution >= 4 is 50.4 Å². The molecule has 1 atom stereocenters. The molecule has 12 heteroatoms. The Balaban J connectivity index is 1.23. The minimum absolute atomic E-state index is 0.00233. The highest BCUT2D eigenvalue weighted by Gasteiger charge is 2.27. The second-order valence-corrected chi connectivity index (χ2v) is 10.1. The average molecular weight is 572 g/mol. The molecule has 0 bridgehead atoms. The van der Waals surface area contributed by atoms with Gasteiger partial charge in [0.2, 0.25) is 11.8 Å². The second-order valence-electron chi connectivity index (χ2n) is 9.13. The summed E-state index contributed by atoms with van der Waals surface area (Å²) in [6.07, 6.45) is 3.73. The Kier molecular flexibility index (Phi) is 6.98. The van der Waals surface area contributed by atoms with E-state index in [1.807, 2.05) is 25.1 Å². The van der Waals surface area contributed by atoms with Crippen LogP contribution in [0.1, 0.15) is 11.1 Å². The molecule has 2 aromatic carbocycles. The molecule has 0 spiro atoms. The Hall–Kier alpha value is -4.97. The highest BCUT2D eigenvalue weighted by atomic mass is 32.1. The van der Waals surface area contributed by atoms with Crippen LogP contribution >= 0.6 is 11.3 Å². The third-order valence-corrected chi connectivity index (χ3v) is 7.49. The predicted molar refractivity (Wildman–Crippen MR) is 155 cm³/mol. The van der Waals surface area contributed by atoms with E-state index in [2.05, 4.69) is 26.8 Å². The first kappa shape index (κ1) is 26.3. The maximum atomic E-state index is 12.3. The molecule has 1 unspecified atom stereocenters. The molecule has 0 saturated heterocycles. The van der Waals surface area contributed by atoms with Crippen molar-refractivity contribution in [3.8, 4) is 33.8 Å². The first-order chi connectivity index (χ1) is 19.9. The van der Waals surface area contributed by atoms with E-state index < -0.39 is 12.2 Å². The standard InChI is InChI=1S/C29H25N5O6S/c1-5-16-9-19(25-20(10-16)33-23(37-4)12-31-25)28-34-24-15(2)8-21-26(27(24)41-28)38-13-18(40-21)14-39-29(35)32-17-6-7-22(36-3)30-11-17/h5-12,18H,1,13-14H2,2-4H3,(H,32,35). The smallest absolute Gasteiger partial charge is 0.411 e. The van der Waals surface area contributed by atoms with Crippen LogP contribution in [0.15, 0.2) is 49.3 Å². The normalized spacial score (nSPS) is 14.1. The number of rotatable bonds is 7. The van der Waals surface area contributed by atoms with E-state index in [-0.39, 0.29) is 13.2 Å². The van der Waals surface area contributed by atoms with Crippen molar-refractivity contribution in [2.24, 2.45) is 0 Å². The monoisotopic (exact) mass is 571 g/mol. The molecule has 1 aliphatic rings. The molecule has 1 aliphatic heterocycles. The number of hydrogen-bond donors (Lipinski definition) is 1. The number of anilines is 1. The minimum atomic E-state index is -0.625. The first-order valence-electron chi connectivity index (χ1n) is 12.6. The zero-order valence-electron chi connectivity index (χ0n) is 22.5. The minimum Gasteiger partial charge on any atom is -0.484 e. The second kappa shape index (κ2) is 10.9. The number of fused-ring (bicyclic) bond motifs is 4. The molecule has 208 valence electrons. The Labute approximate surface area is 238 Å². The lowest BCUT2D eigenvalue weighted by molar-refractivity contribution is 0.0383. The molecule has 0 aliphatic carbocycles. The number of carbonyl (C=O) groups is 1. The number of ether oxygens (including phenoxy) is 5. The van der Waals surface area contributed by atoms with Gasteiger partial charge < -0.3 is 23.7 Å². The zero-order chi connectivity index (χ0) is 28.5. The molecule has 0 radical (unpaired) electrons. The number of nitrogens with one attached hydrogen (secondary N) is 1. The number of amides is 1. The van der Waals surface area contributed by atoms with Crippen molar-refractivity contribution in [1.82, 2.24) is 19.9 Å². The Bertz CT molecular complexity index is 1790. The van der Waals surface area contributed by atoms with E-state index in [4.69, 9.17) is 28.7 Å². The topological polar surface area (TPSA) is 127 Å². The molecule has 1 N–H and O–H groups in total. The van der Waals surface area contributed by atoms with E-state index >= 15 is 0 Å². The summed E-state index contributed by atoms with van der Waals surface area (Å²) >= 11 is 1.49. The highest BCUT2D eigenvalue weighted by molar-refractivity contribution is 7.22. The van der Waals surface area contributed by atoms with Crippen LogP contribution < -0.4 is 24.3 Å². The van der Waals surface area contributed by atoms with Crippen molar-refractivity contribution in [3.63, 3.8) is 0 Å². The van der Waals surface area contributed by atoms with Crippen LogP contribution in [0.3, 0.4) is 0 Å². The first-order valence-corrected chi connectivity index (χ1v) is 13.4. The number of hydrogen-bond acceptors (Lipinski definition) is 11. The van der Waals surface area contributed by atoms with Gasteiger partial charge in [-0.2, -0.15) is 0 Å². The maximum absolute atomic E-state index is 12.3. The molecule has 41 heavy (non-hydrogen) atoms. The van der Waals surface area contributed by atoms with Gasteiger partial charge >= 0.3 is 6.09 Å². The fraction of sp³-hybridized carbons (Fsp3) is 0.207. The SMILES string of the molecule is C=Cc1cc(-c2nc3c(C)cc4c(c3s2)OCC(COC(=O)Nc2ccc(OC)nc2)O4)c2ncc(OC)nc2c1. The van der Waals surface area contributed by atoms with Crippen LogP contribution in [0, 0.1) is 6.92 Å². The lowest BCUT2D eigenvalue weighted by Crippen LogP contribution is -2.35. The zero-order valence-corrected chi connectivity index (χ0v) is 23.3. The predicted octanol–water partition coefficient (Wildman–Crippen LogP) is 5.66. The molecule has 0 fully saturated rings. The summed E-state index contributed by atoms with van der Waals surface area (Å²) in [5.74, 6) is 2.05. The molecule has 4 heterocycles. The number of methoxy groups -OCH3 is 2. The fourth-order valence-corrected chi connectivity index (χ4v) is 5.55. The molecule has 1 amide bonds. The van der Waals surface area contributed by atoms with E-state index in [9.17, 15) is 4.79 Å². The summed E-state index contributed by atoms with van der Waals surface area (Å²) in [6, 6.07) is 9.10. The van der Waals surface area contributed by atoms with Crippen molar-refractivity contribution < 1.29 is 28.5 Å². The van der Waals surface area contributed by atoms with Crippen molar-refractivity contribution in [2.75, 3.05) is 32.8 Å². The highest BCUT2D eigenvalue weighted by Crippen LogP contribution is 2.46. The third-order valence-electron chi connectivity index (χ3n) is 6.40. The van der Waals surface area contributed by atoms with Crippen LogP contribution in [0.5, 0.6) is 23.3 Å². The third kappa shape index (κ3) is 5.16. The van der Waals surface area contributed by atoms with Crippen molar-refractivity contribution in [2.45, 2.75) is 13.0 Å². The van der Waals surface area contributed by atoms with Gasteiger partial charge in [-0.1, -0.05) is 12.7 Å². The number of nitrogens with zero attached hydrogens (tertiary/aromatic N) is 4. The van der Waals surface area contributed by atoms with Crippen LogP contribution in [-0.4, -0.2) is 59.6 Å². The summed E-state index contributed by atoms with van der Waals surface area (Å²) in [5, 5.41) is 3.39. The van der Waals surface area contributed by atoms with Gasteiger partial charge in [0.15, 0.2) is 17.6 Å². The number of carbonyl (C=O) groups excluding carboxylic acids is 1. The van der Waals surface area contributed by atoms with E-state index in [1.54, 1.807) is 31.5 Å². The van der Waals surface area contributed by atoms with E-state index in [1.165, 1.54) is 24.6 Å². The van der Waals surface area contributed by atoms with Crippen LogP contribution in [0.4, 0.5) is 10.5 Å². The largest absolute Gasteiger partial charge is 0.484 e. The van der Waals surface area contributed by atoms with Gasteiger partial charge in [-0.25, -0.2) is 24.7 Å². The molecule has 3 aromatic heterocycles. The number of aromatic nitrogens is 4. The average Bonchev–Trinajstić information content (AvgIpc) is 3.46. The summed E-state index contributed by atoms with van der Waals surface area (Å²) in [7, 11) is 3.08. The van der Waals surface area contributed by atoms with Gasteiger partial charge in [0.25, 0.3) is 0 Å². The Morgan fingerprint density at radius 3 is 2.73 bits per heavy atom. The van der Waals surface area contributed by atoms with Crippen molar-refractivity contribution in [3.05, 3.63) is 60.4 Å². The number of aryl methyl sites for hydroxylation is 1. The molecular weight excluding hydrogens is 546 g/mol. The fourth-order valence-electron chi connectivity index (χ4n) is 4.40. The lowest BCUT2D eigenvalue weighted by atomic mass is 10.1. The van der Waals surface area contributed by atoms with Gasteiger partial charge in [-0.3, -0.25) is 5.32 Å². The van der Waals surface area contributed by atoms with Gasteiger partial charge in [0.1, 0.15) is 22.9 Å². The number of benzene rings is 2. The summed E-state index contributed by atoms with van der Waals surface area (Å²) in [4.78, 5) is 30.4. The molecular formula is C29H25N5O6S. The van der Waals surface area contributed by atoms with Crippen molar-refractivity contribution in [1.29, 1.82) is 0 Å². The van der Waals surface area contributed by atoms with Crippen LogP contribution in [0.2, 0.25) is 0 Å².